The number of rotatable bonds is 3. The first-order valence-electron chi connectivity index (χ1n) is 7.22. The maximum absolute atomic E-state index is 12.4. The summed E-state index contributed by atoms with van der Waals surface area (Å²) in [7, 11) is 0. The van der Waals surface area contributed by atoms with Gasteiger partial charge in [-0.25, -0.2) is 5.84 Å². The molecule has 2 amide bonds. The molecule has 1 aliphatic rings. The first-order valence-corrected chi connectivity index (χ1v) is 7.22. The number of fused-ring (bicyclic) bond motifs is 1. The Morgan fingerprint density at radius 2 is 1.83 bits per heavy atom. The molecule has 0 spiro atoms. The molecule has 6 nitrogen and oxygen atoms in total. The molecule has 0 aliphatic carbocycles. The Hall–Kier alpha value is -2.99. The number of nitrogens with zero attached hydrogens (tertiary/aromatic N) is 1. The van der Waals surface area contributed by atoms with Gasteiger partial charge in [0.15, 0.2) is 0 Å². The number of benzene rings is 2. The van der Waals surface area contributed by atoms with Gasteiger partial charge in [-0.15, -0.1) is 0 Å². The summed E-state index contributed by atoms with van der Waals surface area (Å²) in [6.45, 7) is 0. The maximum atomic E-state index is 12.4. The summed E-state index contributed by atoms with van der Waals surface area (Å²) in [5, 5.41) is 2.83. The van der Waals surface area contributed by atoms with E-state index in [4.69, 9.17) is 5.84 Å². The Bertz CT molecular complexity index is 771. The number of anilines is 1. The molecule has 6 heteroatoms. The van der Waals surface area contributed by atoms with Gasteiger partial charge >= 0.3 is 0 Å². The highest BCUT2D eigenvalue weighted by atomic mass is 16.2. The van der Waals surface area contributed by atoms with E-state index >= 15 is 0 Å². The molecule has 1 heterocycles. The molecule has 0 fully saturated rings. The van der Waals surface area contributed by atoms with Crippen molar-refractivity contribution in [3.8, 4) is 0 Å². The lowest BCUT2D eigenvalue weighted by Crippen LogP contribution is -2.36. The molecular formula is C17H16N4O2. The number of hydrazine groups is 1. The van der Waals surface area contributed by atoms with Gasteiger partial charge in [-0.3, -0.25) is 20.0 Å². The van der Waals surface area contributed by atoms with E-state index < -0.39 is 11.9 Å². The number of hydrogen-bond donors (Lipinski definition) is 3. The third-order valence-corrected chi connectivity index (χ3v) is 3.61. The Kier molecular flexibility index (Phi) is 4.16. The fraction of sp³-hybridized carbons (Fsp3) is 0.118. The van der Waals surface area contributed by atoms with E-state index in [1.807, 2.05) is 60.0 Å². The lowest BCUT2D eigenvalue weighted by Gasteiger charge is -2.10. The minimum Gasteiger partial charge on any atom is -0.324 e. The van der Waals surface area contributed by atoms with Crippen molar-refractivity contribution in [2.24, 2.45) is 10.8 Å². The van der Waals surface area contributed by atoms with Crippen LogP contribution in [-0.2, 0) is 9.59 Å². The number of nitrogens with one attached hydrogen (secondary N) is 2. The van der Waals surface area contributed by atoms with Crippen LogP contribution in [0.4, 0.5) is 5.69 Å². The van der Waals surface area contributed by atoms with E-state index in [2.05, 4.69) is 10.3 Å². The number of aliphatic imine (C=N–C) groups is 1. The Morgan fingerprint density at radius 1 is 1.13 bits per heavy atom. The maximum Gasteiger partial charge on any atom is 0.249 e. The smallest absolute Gasteiger partial charge is 0.249 e. The van der Waals surface area contributed by atoms with Gasteiger partial charge in [-0.05, 0) is 6.07 Å². The van der Waals surface area contributed by atoms with Crippen molar-refractivity contribution in [2.45, 2.75) is 12.5 Å². The van der Waals surface area contributed by atoms with Crippen LogP contribution in [0.1, 0.15) is 17.5 Å². The Labute approximate surface area is 133 Å². The van der Waals surface area contributed by atoms with Crippen LogP contribution in [0.2, 0.25) is 0 Å². The molecule has 23 heavy (non-hydrogen) atoms. The highest BCUT2D eigenvalue weighted by Crippen LogP contribution is 2.24. The SMILES string of the molecule is NNC(=O)C[C@@H]1N=C(c2ccccc2)c2ccccc2NC1=O. The average Bonchev–Trinajstić information content (AvgIpc) is 2.72. The van der Waals surface area contributed by atoms with Gasteiger partial charge in [0.1, 0.15) is 6.04 Å². The van der Waals surface area contributed by atoms with Crippen LogP contribution in [0.15, 0.2) is 59.6 Å². The predicted molar refractivity (Wildman–Crippen MR) is 87.9 cm³/mol. The van der Waals surface area contributed by atoms with E-state index in [1.165, 1.54) is 0 Å². The third kappa shape index (κ3) is 3.12. The molecule has 2 aromatic carbocycles. The van der Waals surface area contributed by atoms with Gasteiger partial charge in [-0.1, -0.05) is 48.5 Å². The summed E-state index contributed by atoms with van der Waals surface area (Å²) in [5.74, 6) is 4.36. The predicted octanol–water partition coefficient (Wildman–Crippen LogP) is 1.22. The molecule has 0 bridgehead atoms. The zero-order chi connectivity index (χ0) is 16.2. The molecular weight excluding hydrogens is 292 g/mol. The summed E-state index contributed by atoms with van der Waals surface area (Å²) in [6, 6.07) is 16.2. The molecule has 1 aliphatic heterocycles. The number of para-hydroxylation sites is 1. The molecule has 0 aromatic heterocycles. The molecule has 0 radical (unpaired) electrons. The number of benzodiazepines with no additional fused rings is 1. The second kappa shape index (κ2) is 6.41. The largest absolute Gasteiger partial charge is 0.324 e. The number of carbonyl (C=O) groups is 2. The summed E-state index contributed by atoms with van der Waals surface area (Å²) >= 11 is 0. The summed E-state index contributed by atoms with van der Waals surface area (Å²) in [5.41, 5.74) is 5.10. The second-order valence-corrected chi connectivity index (χ2v) is 5.17. The molecule has 0 unspecified atom stereocenters. The van der Waals surface area contributed by atoms with Crippen LogP contribution in [0.25, 0.3) is 0 Å². The highest BCUT2D eigenvalue weighted by molar-refractivity contribution is 6.19. The lowest BCUT2D eigenvalue weighted by molar-refractivity contribution is -0.125. The zero-order valence-corrected chi connectivity index (χ0v) is 12.3. The van der Waals surface area contributed by atoms with Crippen molar-refractivity contribution in [2.75, 3.05) is 5.32 Å². The summed E-state index contributed by atoms with van der Waals surface area (Å²) < 4.78 is 0. The van der Waals surface area contributed by atoms with E-state index in [0.717, 1.165) is 11.1 Å². The van der Waals surface area contributed by atoms with E-state index in [-0.39, 0.29) is 12.3 Å². The van der Waals surface area contributed by atoms with Crippen molar-refractivity contribution in [3.63, 3.8) is 0 Å². The van der Waals surface area contributed by atoms with Gasteiger partial charge in [0.25, 0.3) is 0 Å². The van der Waals surface area contributed by atoms with E-state index in [9.17, 15) is 9.59 Å². The molecule has 3 rings (SSSR count). The summed E-state index contributed by atoms with van der Waals surface area (Å²) in [6.07, 6.45) is -0.105. The fourth-order valence-electron chi connectivity index (χ4n) is 2.50. The molecule has 116 valence electrons. The molecule has 4 N–H and O–H groups in total. The standard InChI is InChI=1S/C17H16N4O2/c18-21-15(22)10-14-17(23)20-13-9-5-4-8-12(13)16(19-14)11-6-2-1-3-7-11/h1-9,14H,10,18H2,(H,20,23)(H,21,22)/t14-/m0/s1. The summed E-state index contributed by atoms with van der Waals surface area (Å²) in [4.78, 5) is 28.5. The molecule has 1 atom stereocenters. The lowest BCUT2D eigenvalue weighted by atomic mass is 10.0. The normalized spacial score (nSPS) is 16.7. The Morgan fingerprint density at radius 3 is 2.57 bits per heavy atom. The van der Waals surface area contributed by atoms with Crippen LogP contribution in [0.3, 0.4) is 0 Å². The molecule has 0 saturated carbocycles. The van der Waals surface area contributed by atoms with Crippen LogP contribution in [0.5, 0.6) is 0 Å². The van der Waals surface area contributed by atoms with Crippen molar-refractivity contribution in [1.82, 2.24) is 5.43 Å². The monoisotopic (exact) mass is 308 g/mol. The van der Waals surface area contributed by atoms with Gasteiger partial charge in [0, 0.05) is 11.1 Å². The fourth-order valence-corrected chi connectivity index (χ4v) is 2.50. The van der Waals surface area contributed by atoms with Gasteiger partial charge < -0.3 is 5.32 Å². The van der Waals surface area contributed by atoms with Crippen LogP contribution < -0.4 is 16.6 Å². The number of carbonyl (C=O) groups excluding carboxylic acids is 2. The van der Waals surface area contributed by atoms with Crippen molar-refractivity contribution < 1.29 is 9.59 Å². The highest BCUT2D eigenvalue weighted by Gasteiger charge is 2.27. The minimum atomic E-state index is -0.832. The first kappa shape index (κ1) is 14.9. The van der Waals surface area contributed by atoms with Crippen molar-refractivity contribution in [3.05, 3.63) is 65.7 Å². The van der Waals surface area contributed by atoms with Gasteiger partial charge in [0.05, 0.1) is 17.8 Å². The molecule has 2 aromatic rings. The van der Waals surface area contributed by atoms with Crippen LogP contribution >= 0.6 is 0 Å². The number of amides is 2. The van der Waals surface area contributed by atoms with E-state index in [0.29, 0.717) is 11.4 Å². The quantitative estimate of drug-likeness (QED) is 0.452. The van der Waals surface area contributed by atoms with Crippen LogP contribution in [0, 0.1) is 0 Å². The van der Waals surface area contributed by atoms with Crippen LogP contribution in [-0.4, -0.2) is 23.6 Å². The van der Waals surface area contributed by atoms with Crippen molar-refractivity contribution in [1.29, 1.82) is 0 Å². The third-order valence-electron chi connectivity index (χ3n) is 3.61. The van der Waals surface area contributed by atoms with Crippen molar-refractivity contribution >= 4 is 23.2 Å². The second-order valence-electron chi connectivity index (χ2n) is 5.17. The number of hydrogen-bond acceptors (Lipinski definition) is 4. The molecule has 0 saturated heterocycles. The van der Waals surface area contributed by atoms with Gasteiger partial charge in [0.2, 0.25) is 11.8 Å². The van der Waals surface area contributed by atoms with E-state index in [1.54, 1.807) is 0 Å². The van der Waals surface area contributed by atoms with Gasteiger partial charge in [-0.2, -0.15) is 0 Å². The topological polar surface area (TPSA) is 96.6 Å². The Balaban J connectivity index is 2.11. The number of nitrogens with two attached hydrogens (primary N) is 1. The average molecular weight is 308 g/mol. The first-order chi connectivity index (χ1) is 11.2. The zero-order valence-electron chi connectivity index (χ0n) is 12.3. The minimum absolute atomic E-state index is 0.105.